The van der Waals surface area contributed by atoms with Crippen LogP contribution in [0, 0.1) is 11.6 Å². The quantitative estimate of drug-likeness (QED) is 0.750. The third-order valence-corrected chi connectivity index (χ3v) is 4.17. The molecule has 0 aromatic heterocycles. The SMILES string of the molecule is O=C(CC1CCCc2ccccc21)c1c(F)cccc1F. The smallest absolute Gasteiger partial charge is 0.169 e. The Morgan fingerprint density at radius 2 is 1.76 bits per heavy atom. The molecule has 0 radical (unpaired) electrons. The minimum Gasteiger partial charge on any atom is -0.294 e. The number of aryl methyl sites for hydroxylation is 1. The summed E-state index contributed by atoms with van der Waals surface area (Å²) in [6.45, 7) is 0. The van der Waals surface area contributed by atoms with Crippen molar-refractivity contribution in [1.82, 2.24) is 0 Å². The van der Waals surface area contributed by atoms with Gasteiger partial charge in [-0.3, -0.25) is 4.79 Å². The number of halogens is 2. The van der Waals surface area contributed by atoms with Gasteiger partial charge in [0.05, 0.1) is 5.56 Å². The van der Waals surface area contributed by atoms with E-state index in [0.717, 1.165) is 37.0 Å². The highest BCUT2D eigenvalue weighted by molar-refractivity contribution is 5.97. The van der Waals surface area contributed by atoms with Gasteiger partial charge in [0.15, 0.2) is 5.78 Å². The van der Waals surface area contributed by atoms with Crippen molar-refractivity contribution in [2.45, 2.75) is 31.6 Å². The number of hydrogen-bond acceptors (Lipinski definition) is 1. The number of hydrogen-bond donors (Lipinski definition) is 0. The monoisotopic (exact) mass is 286 g/mol. The van der Waals surface area contributed by atoms with Crippen LogP contribution in [0.4, 0.5) is 8.78 Å². The van der Waals surface area contributed by atoms with Crippen molar-refractivity contribution in [1.29, 1.82) is 0 Å². The lowest BCUT2D eigenvalue weighted by Crippen LogP contribution is -2.15. The predicted molar refractivity (Wildman–Crippen MR) is 77.4 cm³/mol. The van der Waals surface area contributed by atoms with Crippen molar-refractivity contribution in [2.75, 3.05) is 0 Å². The van der Waals surface area contributed by atoms with E-state index in [-0.39, 0.29) is 12.3 Å². The number of carbonyl (C=O) groups is 1. The van der Waals surface area contributed by atoms with Gasteiger partial charge in [0.1, 0.15) is 11.6 Å². The van der Waals surface area contributed by atoms with Gasteiger partial charge in [0, 0.05) is 6.42 Å². The fourth-order valence-electron chi connectivity index (χ4n) is 3.16. The molecule has 0 saturated carbocycles. The van der Waals surface area contributed by atoms with Crippen LogP contribution in [-0.2, 0) is 6.42 Å². The number of ketones is 1. The molecule has 0 heterocycles. The number of rotatable bonds is 3. The number of carbonyl (C=O) groups excluding carboxylic acids is 1. The molecule has 1 aliphatic carbocycles. The van der Waals surface area contributed by atoms with Crippen molar-refractivity contribution >= 4 is 5.78 Å². The molecule has 0 bridgehead atoms. The van der Waals surface area contributed by atoms with Crippen molar-refractivity contribution in [2.24, 2.45) is 0 Å². The summed E-state index contributed by atoms with van der Waals surface area (Å²) in [5.74, 6) is -1.94. The van der Waals surface area contributed by atoms with Crippen LogP contribution < -0.4 is 0 Å². The first-order valence-electron chi connectivity index (χ1n) is 7.22. The fourth-order valence-corrected chi connectivity index (χ4v) is 3.16. The number of Topliss-reactive ketones (excluding diaryl/α,β-unsaturated/α-hetero) is 1. The van der Waals surface area contributed by atoms with E-state index in [0.29, 0.717) is 0 Å². The summed E-state index contributed by atoms with van der Waals surface area (Å²) in [4.78, 5) is 12.3. The van der Waals surface area contributed by atoms with Gasteiger partial charge in [-0.05, 0) is 48.4 Å². The zero-order chi connectivity index (χ0) is 14.8. The number of benzene rings is 2. The van der Waals surface area contributed by atoms with Gasteiger partial charge in [0.2, 0.25) is 0 Å². The van der Waals surface area contributed by atoms with Gasteiger partial charge in [-0.2, -0.15) is 0 Å². The summed E-state index contributed by atoms with van der Waals surface area (Å²) in [6.07, 6.45) is 3.07. The van der Waals surface area contributed by atoms with Crippen LogP contribution in [0.3, 0.4) is 0 Å². The van der Waals surface area contributed by atoms with Crippen LogP contribution >= 0.6 is 0 Å². The second-order valence-corrected chi connectivity index (χ2v) is 5.51. The Kier molecular flexibility index (Phi) is 3.82. The Morgan fingerprint density at radius 1 is 1.05 bits per heavy atom. The first-order valence-corrected chi connectivity index (χ1v) is 7.22. The van der Waals surface area contributed by atoms with Crippen LogP contribution in [0.25, 0.3) is 0 Å². The Balaban J connectivity index is 1.86. The Morgan fingerprint density at radius 3 is 2.52 bits per heavy atom. The van der Waals surface area contributed by atoms with Gasteiger partial charge in [0.25, 0.3) is 0 Å². The van der Waals surface area contributed by atoms with Crippen LogP contribution in [0.2, 0.25) is 0 Å². The maximum Gasteiger partial charge on any atom is 0.169 e. The third kappa shape index (κ3) is 2.73. The van der Waals surface area contributed by atoms with E-state index in [1.807, 2.05) is 18.2 Å². The lowest BCUT2D eigenvalue weighted by Gasteiger charge is -2.25. The summed E-state index contributed by atoms with van der Waals surface area (Å²) >= 11 is 0. The molecular weight excluding hydrogens is 270 g/mol. The van der Waals surface area contributed by atoms with E-state index in [1.54, 1.807) is 0 Å². The molecule has 3 heteroatoms. The van der Waals surface area contributed by atoms with Crippen LogP contribution in [-0.4, -0.2) is 5.78 Å². The first kappa shape index (κ1) is 13.9. The first-order chi connectivity index (χ1) is 10.2. The van der Waals surface area contributed by atoms with Gasteiger partial charge < -0.3 is 0 Å². The van der Waals surface area contributed by atoms with Crippen LogP contribution in [0.1, 0.15) is 46.7 Å². The third-order valence-electron chi connectivity index (χ3n) is 4.17. The van der Waals surface area contributed by atoms with E-state index < -0.39 is 23.0 Å². The van der Waals surface area contributed by atoms with Gasteiger partial charge >= 0.3 is 0 Å². The minimum atomic E-state index is -0.774. The Bertz CT molecular complexity index is 658. The van der Waals surface area contributed by atoms with E-state index in [2.05, 4.69) is 6.07 Å². The zero-order valence-electron chi connectivity index (χ0n) is 11.6. The normalized spacial score (nSPS) is 17.3. The molecule has 108 valence electrons. The molecule has 0 amide bonds. The second-order valence-electron chi connectivity index (χ2n) is 5.51. The Labute approximate surface area is 122 Å². The summed E-state index contributed by atoms with van der Waals surface area (Å²) < 4.78 is 27.4. The summed E-state index contributed by atoms with van der Waals surface area (Å²) in [7, 11) is 0. The average Bonchev–Trinajstić information content (AvgIpc) is 2.47. The van der Waals surface area contributed by atoms with E-state index in [9.17, 15) is 13.6 Å². The lowest BCUT2D eigenvalue weighted by atomic mass is 9.79. The number of fused-ring (bicyclic) bond motifs is 1. The molecule has 0 N–H and O–H groups in total. The van der Waals surface area contributed by atoms with Gasteiger partial charge in [-0.15, -0.1) is 0 Å². The summed E-state index contributed by atoms with van der Waals surface area (Å²) in [5.41, 5.74) is 1.99. The standard InChI is InChI=1S/C18H16F2O/c19-15-9-4-10-16(20)18(15)17(21)11-13-7-3-6-12-5-1-2-8-14(12)13/h1-2,4-5,8-10,13H,3,6-7,11H2. The van der Waals surface area contributed by atoms with E-state index >= 15 is 0 Å². The Hall–Kier alpha value is -2.03. The lowest BCUT2D eigenvalue weighted by molar-refractivity contribution is 0.0963. The van der Waals surface area contributed by atoms with Crippen LogP contribution in [0.15, 0.2) is 42.5 Å². The molecule has 21 heavy (non-hydrogen) atoms. The van der Waals surface area contributed by atoms with Crippen molar-refractivity contribution in [3.05, 3.63) is 70.8 Å². The molecule has 0 fully saturated rings. The topological polar surface area (TPSA) is 17.1 Å². The molecule has 1 atom stereocenters. The molecule has 0 aliphatic heterocycles. The van der Waals surface area contributed by atoms with Crippen molar-refractivity contribution in [3.8, 4) is 0 Å². The van der Waals surface area contributed by atoms with Gasteiger partial charge in [-0.25, -0.2) is 8.78 Å². The average molecular weight is 286 g/mol. The highest BCUT2D eigenvalue weighted by Gasteiger charge is 2.25. The fraction of sp³-hybridized carbons (Fsp3) is 0.278. The predicted octanol–water partition coefficient (Wildman–Crippen LogP) is 4.66. The maximum absolute atomic E-state index is 13.7. The van der Waals surface area contributed by atoms with Gasteiger partial charge in [-0.1, -0.05) is 30.3 Å². The summed E-state index contributed by atoms with van der Waals surface area (Å²) in [6, 6.07) is 11.6. The minimum absolute atomic E-state index is 0.0569. The molecule has 2 aromatic rings. The van der Waals surface area contributed by atoms with E-state index in [4.69, 9.17) is 0 Å². The molecule has 0 saturated heterocycles. The summed E-state index contributed by atoms with van der Waals surface area (Å²) in [5, 5.41) is 0. The molecule has 1 aliphatic rings. The highest BCUT2D eigenvalue weighted by Crippen LogP contribution is 2.35. The largest absolute Gasteiger partial charge is 0.294 e. The van der Waals surface area contributed by atoms with E-state index in [1.165, 1.54) is 11.6 Å². The highest BCUT2D eigenvalue weighted by atomic mass is 19.1. The zero-order valence-corrected chi connectivity index (χ0v) is 11.6. The maximum atomic E-state index is 13.7. The molecular formula is C18H16F2O. The molecule has 2 aromatic carbocycles. The van der Waals surface area contributed by atoms with Crippen molar-refractivity contribution in [3.63, 3.8) is 0 Å². The molecule has 0 spiro atoms. The molecule has 3 rings (SSSR count). The molecule has 1 nitrogen and oxygen atoms in total. The second kappa shape index (κ2) is 5.76. The van der Waals surface area contributed by atoms with Crippen molar-refractivity contribution < 1.29 is 13.6 Å². The molecule has 1 unspecified atom stereocenters. The van der Waals surface area contributed by atoms with Crippen LogP contribution in [0.5, 0.6) is 0 Å².